The molecule has 1 saturated carbocycles. The van der Waals surface area contributed by atoms with Crippen molar-refractivity contribution in [2.45, 2.75) is 70.5 Å². The van der Waals surface area contributed by atoms with Gasteiger partial charge in [0.15, 0.2) is 11.5 Å². The predicted molar refractivity (Wildman–Crippen MR) is 157 cm³/mol. The van der Waals surface area contributed by atoms with Gasteiger partial charge in [0, 0.05) is 31.6 Å². The first-order valence-corrected chi connectivity index (χ1v) is 16.1. The maximum Gasteiger partial charge on any atom is 0.243 e. The van der Waals surface area contributed by atoms with Crippen LogP contribution in [-0.2, 0) is 26.2 Å². The summed E-state index contributed by atoms with van der Waals surface area (Å²) in [7, 11) is -2.05. The van der Waals surface area contributed by atoms with E-state index in [0.29, 0.717) is 42.6 Å². The molecule has 2 amide bonds. The van der Waals surface area contributed by atoms with E-state index in [9.17, 15) is 18.0 Å². The Balaban J connectivity index is 1.49. The average molecular weight is 588 g/mol. The van der Waals surface area contributed by atoms with Crippen LogP contribution in [0, 0.1) is 0 Å². The van der Waals surface area contributed by atoms with Crippen LogP contribution in [0.2, 0.25) is 0 Å². The summed E-state index contributed by atoms with van der Waals surface area (Å²) in [4.78, 5) is 28.7. The Labute approximate surface area is 243 Å². The van der Waals surface area contributed by atoms with Crippen molar-refractivity contribution in [3.05, 3.63) is 48.0 Å². The first-order valence-electron chi connectivity index (χ1n) is 14.3. The summed E-state index contributed by atoms with van der Waals surface area (Å²) in [6.07, 6.45) is 6.04. The van der Waals surface area contributed by atoms with Gasteiger partial charge in [0.2, 0.25) is 21.8 Å². The van der Waals surface area contributed by atoms with E-state index >= 15 is 0 Å². The molecule has 0 saturated heterocycles. The van der Waals surface area contributed by atoms with Crippen molar-refractivity contribution in [3.8, 4) is 17.2 Å². The van der Waals surface area contributed by atoms with Gasteiger partial charge in [0.1, 0.15) is 25.0 Å². The Morgan fingerprint density at radius 3 is 2.49 bits per heavy atom. The molecule has 1 heterocycles. The molecule has 1 aliphatic heterocycles. The lowest BCUT2D eigenvalue weighted by molar-refractivity contribution is -0.141. The van der Waals surface area contributed by atoms with E-state index in [0.717, 1.165) is 37.5 Å². The number of anilines is 1. The number of sulfonamides is 1. The van der Waals surface area contributed by atoms with Crippen molar-refractivity contribution in [2.24, 2.45) is 0 Å². The Morgan fingerprint density at radius 2 is 1.80 bits per heavy atom. The molecule has 224 valence electrons. The SMILES string of the molecule is CC[C@@H](C(=O)NC1CCCC1)N(Cc1cccc(OC)c1)C(=O)CCCN(c1ccc2c(c1)OCCO2)S(C)(=O)=O. The second-order valence-electron chi connectivity index (χ2n) is 10.6. The maximum absolute atomic E-state index is 13.7. The van der Waals surface area contributed by atoms with Gasteiger partial charge in [-0.2, -0.15) is 0 Å². The number of carbonyl (C=O) groups excluding carboxylic acids is 2. The van der Waals surface area contributed by atoms with Crippen LogP contribution < -0.4 is 23.8 Å². The number of methoxy groups -OCH3 is 1. The molecule has 11 heteroatoms. The van der Waals surface area contributed by atoms with Crippen molar-refractivity contribution in [1.29, 1.82) is 0 Å². The highest BCUT2D eigenvalue weighted by molar-refractivity contribution is 7.92. The van der Waals surface area contributed by atoms with Gasteiger partial charge < -0.3 is 24.4 Å². The van der Waals surface area contributed by atoms with Crippen LogP contribution >= 0.6 is 0 Å². The molecule has 2 aromatic carbocycles. The van der Waals surface area contributed by atoms with E-state index in [2.05, 4.69) is 5.32 Å². The fourth-order valence-corrected chi connectivity index (χ4v) is 6.40. The second-order valence-corrected chi connectivity index (χ2v) is 12.5. The first kappa shape index (κ1) is 30.5. The van der Waals surface area contributed by atoms with E-state index in [1.165, 1.54) is 4.31 Å². The molecule has 2 aromatic rings. The minimum absolute atomic E-state index is 0.0771. The third-order valence-electron chi connectivity index (χ3n) is 7.54. The molecule has 41 heavy (non-hydrogen) atoms. The number of hydrogen-bond donors (Lipinski definition) is 1. The molecular formula is C30H41N3O7S. The Hall–Kier alpha value is -3.47. The summed E-state index contributed by atoms with van der Waals surface area (Å²) in [5.41, 5.74) is 1.29. The first-order chi connectivity index (χ1) is 19.7. The number of amides is 2. The number of benzene rings is 2. The molecule has 0 aromatic heterocycles. The van der Waals surface area contributed by atoms with E-state index in [-0.39, 0.29) is 43.8 Å². The van der Waals surface area contributed by atoms with Gasteiger partial charge in [-0.05, 0) is 55.5 Å². The smallest absolute Gasteiger partial charge is 0.243 e. The van der Waals surface area contributed by atoms with Crippen LogP contribution in [0.1, 0.15) is 57.4 Å². The number of fused-ring (bicyclic) bond motifs is 1. The zero-order valence-corrected chi connectivity index (χ0v) is 25.0. The zero-order chi connectivity index (χ0) is 29.4. The Morgan fingerprint density at radius 1 is 1.07 bits per heavy atom. The molecule has 0 spiro atoms. The largest absolute Gasteiger partial charge is 0.497 e. The van der Waals surface area contributed by atoms with Crippen molar-refractivity contribution >= 4 is 27.5 Å². The standard InChI is InChI=1S/C30H41N3O7S/c1-4-26(30(35)31-23-10-5-6-11-23)32(21-22-9-7-12-25(19-22)38-2)29(34)13-8-16-33(41(3,36)37)24-14-15-27-28(20-24)40-18-17-39-27/h7,9,12,14-15,19-20,23,26H,4-6,8,10-11,13,16-18,21H2,1-3H3,(H,31,35)/t26-/m0/s1. The summed E-state index contributed by atoms with van der Waals surface area (Å²) in [6, 6.07) is 12.0. The topological polar surface area (TPSA) is 114 Å². The molecule has 1 fully saturated rings. The van der Waals surface area contributed by atoms with Crippen LogP contribution in [-0.4, -0.2) is 70.3 Å². The van der Waals surface area contributed by atoms with Crippen molar-refractivity contribution < 1.29 is 32.2 Å². The Bertz CT molecular complexity index is 1310. The fourth-order valence-electron chi connectivity index (χ4n) is 5.45. The van der Waals surface area contributed by atoms with Gasteiger partial charge in [0.25, 0.3) is 0 Å². The number of ether oxygens (including phenoxy) is 3. The lowest BCUT2D eigenvalue weighted by Gasteiger charge is -2.32. The maximum atomic E-state index is 13.7. The number of nitrogens with one attached hydrogen (secondary N) is 1. The lowest BCUT2D eigenvalue weighted by atomic mass is 10.1. The van der Waals surface area contributed by atoms with Crippen molar-refractivity contribution in [1.82, 2.24) is 10.2 Å². The molecule has 1 N–H and O–H groups in total. The van der Waals surface area contributed by atoms with E-state index < -0.39 is 16.1 Å². The minimum atomic E-state index is -3.63. The fraction of sp³-hybridized carbons (Fsp3) is 0.533. The molecule has 0 bridgehead atoms. The van der Waals surface area contributed by atoms with Crippen LogP contribution in [0.3, 0.4) is 0 Å². The monoisotopic (exact) mass is 587 g/mol. The van der Waals surface area contributed by atoms with Gasteiger partial charge in [0.05, 0.1) is 19.1 Å². The normalized spacial score (nSPS) is 15.7. The summed E-state index contributed by atoms with van der Waals surface area (Å²) in [5, 5.41) is 3.15. The van der Waals surface area contributed by atoms with Crippen LogP contribution in [0.5, 0.6) is 17.2 Å². The van der Waals surface area contributed by atoms with Gasteiger partial charge in [-0.3, -0.25) is 13.9 Å². The number of rotatable bonds is 13. The molecule has 1 aliphatic carbocycles. The van der Waals surface area contributed by atoms with E-state index in [1.807, 2.05) is 31.2 Å². The van der Waals surface area contributed by atoms with Crippen LogP contribution in [0.4, 0.5) is 5.69 Å². The van der Waals surface area contributed by atoms with Crippen molar-refractivity contribution in [2.75, 3.05) is 37.4 Å². The molecule has 0 unspecified atom stereocenters. The number of hydrogen-bond acceptors (Lipinski definition) is 7. The highest BCUT2D eigenvalue weighted by atomic mass is 32.2. The highest BCUT2D eigenvalue weighted by Gasteiger charge is 2.31. The highest BCUT2D eigenvalue weighted by Crippen LogP contribution is 2.35. The van der Waals surface area contributed by atoms with Crippen LogP contribution in [0.15, 0.2) is 42.5 Å². The summed E-state index contributed by atoms with van der Waals surface area (Å²) in [6.45, 7) is 3.07. The number of carbonyl (C=O) groups is 2. The van der Waals surface area contributed by atoms with Crippen LogP contribution in [0.25, 0.3) is 0 Å². The predicted octanol–water partition coefficient (Wildman–Crippen LogP) is 3.88. The summed E-state index contributed by atoms with van der Waals surface area (Å²) >= 11 is 0. The molecular weight excluding hydrogens is 546 g/mol. The molecule has 2 aliphatic rings. The average Bonchev–Trinajstić information content (AvgIpc) is 3.47. The van der Waals surface area contributed by atoms with E-state index in [1.54, 1.807) is 30.2 Å². The van der Waals surface area contributed by atoms with Gasteiger partial charge >= 0.3 is 0 Å². The second kappa shape index (κ2) is 13.9. The summed E-state index contributed by atoms with van der Waals surface area (Å²) < 4.78 is 43.2. The number of nitrogens with zero attached hydrogens (tertiary/aromatic N) is 2. The van der Waals surface area contributed by atoms with Crippen molar-refractivity contribution in [3.63, 3.8) is 0 Å². The van der Waals surface area contributed by atoms with Gasteiger partial charge in [-0.15, -0.1) is 0 Å². The molecule has 4 rings (SSSR count). The van der Waals surface area contributed by atoms with Gasteiger partial charge in [-0.1, -0.05) is 31.9 Å². The van der Waals surface area contributed by atoms with Gasteiger partial charge in [-0.25, -0.2) is 8.42 Å². The minimum Gasteiger partial charge on any atom is -0.497 e. The van der Waals surface area contributed by atoms with E-state index in [4.69, 9.17) is 14.2 Å². The Kier molecular flexibility index (Phi) is 10.4. The summed E-state index contributed by atoms with van der Waals surface area (Å²) in [5.74, 6) is 1.36. The lowest BCUT2D eigenvalue weighted by Crippen LogP contribution is -2.51. The third kappa shape index (κ3) is 8.06. The zero-order valence-electron chi connectivity index (χ0n) is 24.1. The third-order valence-corrected chi connectivity index (χ3v) is 8.73. The molecule has 0 radical (unpaired) electrons. The molecule has 1 atom stereocenters. The molecule has 10 nitrogen and oxygen atoms in total. The quantitative estimate of drug-likeness (QED) is 0.378.